The Morgan fingerprint density at radius 3 is 2.91 bits per heavy atom. The number of hydrogen-bond donors (Lipinski definition) is 2. The molecule has 0 saturated carbocycles. The average molecular weight is 464 g/mol. The van der Waals surface area contributed by atoms with E-state index in [0.29, 0.717) is 12.5 Å². The van der Waals surface area contributed by atoms with Gasteiger partial charge in [-0.3, -0.25) is 4.79 Å². The van der Waals surface area contributed by atoms with Crippen molar-refractivity contribution < 1.29 is 9.53 Å². The minimum absolute atomic E-state index is 0.00685. The van der Waals surface area contributed by atoms with Crippen LogP contribution in [0.15, 0.2) is 43.0 Å². The van der Waals surface area contributed by atoms with Gasteiger partial charge in [-0.25, -0.2) is 4.98 Å². The lowest BCUT2D eigenvalue weighted by molar-refractivity contribution is 0.0642. The van der Waals surface area contributed by atoms with Crippen LogP contribution in [0.4, 0.5) is 5.82 Å². The lowest BCUT2D eigenvalue weighted by Gasteiger charge is -2.36. The van der Waals surface area contributed by atoms with Gasteiger partial charge in [-0.1, -0.05) is 24.3 Å². The molecular formula is C27H37N5O2. The van der Waals surface area contributed by atoms with E-state index in [1.165, 1.54) is 5.56 Å². The maximum atomic E-state index is 13.2. The van der Waals surface area contributed by atoms with Gasteiger partial charge in [0.2, 0.25) is 0 Å². The highest BCUT2D eigenvalue weighted by Gasteiger charge is 2.30. The molecule has 0 aliphatic carbocycles. The van der Waals surface area contributed by atoms with Crippen molar-refractivity contribution in [3.8, 4) is 11.3 Å². The molecular weight excluding hydrogens is 426 g/mol. The largest absolute Gasteiger partial charge is 0.381 e. The Labute approximate surface area is 203 Å². The van der Waals surface area contributed by atoms with Crippen molar-refractivity contribution in [3.05, 3.63) is 59.7 Å². The highest BCUT2D eigenvalue weighted by molar-refractivity contribution is 5.99. The lowest BCUT2D eigenvalue weighted by Crippen LogP contribution is -2.38. The molecule has 0 atom stereocenters. The third-order valence-electron chi connectivity index (χ3n) is 6.66. The lowest BCUT2D eigenvalue weighted by atomic mass is 9.96. The van der Waals surface area contributed by atoms with E-state index >= 15 is 0 Å². The molecule has 1 amide bonds. The molecule has 1 fully saturated rings. The Hall–Kier alpha value is -2.74. The van der Waals surface area contributed by atoms with Crippen LogP contribution in [0.25, 0.3) is 11.3 Å². The number of nitrogens with one attached hydrogen (secondary N) is 2. The van der Waals surface area contributed by atoms with Gasteiger partial charge in [-0.15, -0.1) is 6.58 Å². The van der Waals surface area contributed by atoms with Gasteiger partial charge in [0, 0.05) is 63.6 Å². The molecule has 2 N–H and O–H groups in total. The number of aromatic nitrogens is 1. The molecule has 7 nitrogen and oxygen atoms in total. The first-order chi connectivity index (χ1) is 16.6. The number of nitrogens with zero attached hydrogens (tertiary/aromatic N) is 3. The predicted octanol–water partition coefficient (Wildman–Crippen LogP) is 3.06. The maximum absolute atomic E-state index is 13.2. The van der Waals surface area contributed by atoms with E-state index in [-0.39, 0.29) is 5.91 Å². The highest BCUT2D eigenvalue weighted by atomic mass is 16.5. The van der Waals surface area contributed by atoms with Crippen LogP contribution in [0, 0.1) is 5.92 Å². The molecule has 2 aliphatic rings. The fourth-order valence-corrected chi connectivity index (χ4v) is 4.61. The summed E-state index contributed by atoms with van der Waals surface area (Å²) in [5.74, 6) is 1.37. The molecule has 0 unspecified atom stereocenters. The van der Waals surface area contributed by atoms with Crippen LogP contribution in [-0.2, 0) is 17.8 Å². The summed E-state index contributed by atoms with van der Waals surface area (Å²) < 4.78 is 5.45. The SMILES string of the molecule is C=CCN1Cc2c(C(=O)NCC3CCOCC3)cc(-c3cccc(CN(C)CCNC)c3)nc21. The summed E-state index contributed by atoms with van der Waals surface area (Å²) >= 11 is 0. The van der Waals surface area contributed by atoms with E-state index in [1.54, 1.807) is 0 Å². The van der Waals surface area contributed by atoms with Gasteiger partial charge in [-0.2, -0.15) is 0 Å². The molecule has 34 heavy (non-hydrogen) atoms. The van der Waals surface area contributed by atoms with Crippen molar-refractivity contribution in [1.82, 2.24) is 20.5 Å². The summed E-state index contributed by atoms with van der Waals surface area (Å²) in [7, 11) is 4.10. The molecule has 3 heterocycles. The van der Waals surface area contributed by atoms with Crippen LogP contribution in [0.2, 0.25) is 0 Å². The zero-order valence-electron chi connectivity index (χ0n) is 20.5. The highest BCUT2D eigenvalue weighted by Crippen LogP contribution is 2.36. The summed E-state index contributed by atoms with van der Waals surface area (Å²) in [6.45, 7) is 10.4. The quantitative estimate of drug-likeness (QED) is 0.499. The molecule has 1 aromatic heterocycles. The van der Waals surface area contributed by atoms with Crippen molar-refractivity contribution in [3.63, 3.8) is 0 Å². The normalized spacial score (nSPS) is 15.7. The van der Waals surface area contributed by atoms with Gasteiger partial charge in [0.05, 0.1) is 11.3 Å². The topological polar surface area (TPSA) is 69.7 Å². The second kappa shape index (κ2) is 11.6. The molecule has 182 valence electrons. The molecule has 0 radical (unpaired) electrons. The van der Waals surface area contributed by atoms with E-state index in [2.05, 4.69) is 58.3 Å². The third kappa shape index (κ3) is 5.84. The molecule has 0 spiro atoms. The Morgan fingerprint density at radius 2 is 2.15 bits per heavy atom. The number of pyridine rings is 1. The van der Waals surface area contributed by atoms with Gasteiger partial charge < -0.3 is 25.2 Å². The number of likely N-dealkylation sites (N-methyl/N-ethyl adjacent to an activating group) is 2. The van der Waals surface area contributed by atoms with Crippen molar-refractivity contribution in [2.45, 2.75) is 25.9 Å². The Bertz CT molecular complexity index is 1000. The van der Waals surface area contributed by atoms with Crippen molar-refractivity contribution >= 4 is 11.7 Å². The zero-order chi connectivity index (χ0) is 23.9. The molecule has 1 aromatic carbocycles. The number of carbonyl (C=O) groups is 1. The van der Waals surface area contributed by atoms with Crippen LogP contribution in [-0.4, -0.2) is 69.3 Å². The summed E-state index contributed by atoms with van der Waals surface area (Å²) in [6.07, 6.45) is 3.88. The number of fused-ring (bicyclic) bond motifs is 1. The number of hydrogen-bond acceptors (Lipinski definition) is 6. The second-order valence-corrected chi connectivity index (χ2v) is 9.33. The monoisotopic (exact) mass is 463 g/mol. The van der Waals surface area contributed by atoms with Gasteiger partial charge in [-0.05, 0) is 50.6 Å². The third-order valence-corrected chi connectivity index (χ3v) is 6.66. The smallest absolute Gasteiger partial charge is 0.251 e. The first kappa shape index (κ1) is 24.4. The number of rotatable bonds is 11. The van der Waals surface area contributed by atoms with E-state index < -0.39 is 0 Å². The van der Waals surface area contributed by atoms with Crippen LogP contribution in [0.1, 0.15) is 34.3 Å². The molecule has 1 saturated heterocycles. The van der Waals surface area contributed by atoms with Crippen LogP contribution >= 0.6 is 0 Å². The van der Waals surface area contributed by atoms with E-state index in [4.69, 9.17) is 9.72 Å². The predicted molar refractivity (Wildman–Crippen MR) is 137 cm³/mol. The van der Waals surface area contributed by atoms with Gasteiger partial charge in [0.25, 0.3) is 5.91 Å². The molecule has 7 heteroatoms. The summed E-state index contributed by atoms with van der Waals surface area (Å²) in [5, 5.41) is 6.37. The number of anilines is 1. The first-order valence-electron chi connectivity index (χ1n) is 12.3. The van der Waals surface area contributed by atoms with E-state index in [0.717, 1.165) is 87.0 Å². The number of ether oxygens (including phenoxy) is 1. The standard InChI is InChI=1S/C27H37N5O2/c1-4-11-32-19-24-23(27(33)29-17-20-8-13-34-14-9-20)16-25(30-26(24)32)22-7-5-6-21(15-22)18-31(3)12-10-28-2/h4-7,15-16,20,28H,1,8-14,17-19H2,2-3H3,(H,29,33). The first-order valence-corrected chi connectivity index (χ1v) is 12.3. The molecule has 4 rings (SSSR count). The van der Waals surface area contributed by atoms with E-state index in [1.807, 2.05) is 19.2 Å². The molecule has 0 bridgehead atoms. The van der Waals surface area contributed by atoms with Crippen molar-refractivity contribution in [1.29, 1.82) is 0 Å². The minimum Gasteiger partial charge on any atom is -0.381 e. The maximum Gasteiger partial charge on any atom is 0.251 e. The van der Waals surface area contributed by atoms with Gasteiger partial charge >= 0.3 is 0 Å². The fourth-order valence-electron chi connectivity index (χ4n) is 4.61. The Balaban J connectivity index is 1.56. The van der Waals surface area contributed by atoms with Crippen LogP contribution < -0.4 is 15.5 Å². The summed E-state index contributed by atoms with van der Waals surface area (Å²) in [5.41, 5.74) is 4.87. The Morgan fingerprint density at radius 1 is 1.32 bits per heavy atom. The average Bonchev–Trinajstić information content (AvgIpc) is 2.85. The summed E-state index contributed by atoms with van der Waals surface area (Å²) in [6, 6.07) is 10.4. The summed E-state index contributed by atoms with van der Waals surface area (Å²) in [4.78, 5) is 22.6. The molecule has 2 aliphatic heterocycles. The second-order valence-electron chi connectivity index (χ2n) is 9.33. The van der Waals surface area contributed by atoms with Crippen molar-refractivity contribution in [2.24, 2.45) is 5.92 Å². The molecule has 2 aromatic rings. The van der Waals surface area contributed by atoms with E-state index in [9.17, 15) is 4.79 Å². The van der Waals surface area contributed by atoms with Crippen LogP contribution in [0.3, 0.4) is 0 Å². The van der Waals surface area contributed by atoms with Crippen molar-refractivity contribution in [2.75, 3.05) is 58.4 Å². The van der Waals surface area contributed by atoms with Crippen LogP contribution in [0.5, 0.6) is 0 Å². The fraction of sp³-hybridized carbons (Fsp3) is 0.481. The Kier molecular flexibility index (Phi) is 8.32. The number of amides is 1. The minimum atomic E-state index is -0.00685. The zero-order valence-corrected chi connectivity index (χ0v) is 20.5. The van der Waals surface area contributed by atoms with Gasteiger partial charge in [0.15, 0.2) is 0 Å². The number of carbonyl (C=O) groups excluding carboxylic acids is 1. The van der Waals surface area contributed by atoms with Gasteiger partial charge in [0.1, 0.15) is 5.82 Å². The number of benzene rings is 1.